The highest BCUT2D eigenvalue weighted by molar-refractivity contribution is 7.93. The van der Waals surface area contributed by atoms with Crippen LogP contribution in [-0.4, -0.2) is 21.5 Å². The van der Waals surface area contributed by atoms with Gasteiger partial charge in [0, 0.05) is 19.6 Å². The van der Waals surface area contributed by atoms with Crippen LogP contribution >= 0.6 is 11.6 Å². The second-order valence-corrected chi connectivity index (χ2v) is 7.05. The molecule has 1 heterocycles. The molecule has 0 aliphatic carbocycles. The van der Waals surface area contributed by atoms with Crippen LogP contribution in [0.25, 0.3) is 0 Å². The number of fused-ring (bicyclic) bond motifs is 1. The van der Waals surface area contributed by atoms with E-state index >= 15 is 0 Å². The van der Waals surface area contributed by atoms with Crippen LogP contribution < -0.4 is 9.62 Å². The lowest BCUT2D eigenvalue weighted by Crippen LogP contribution is -2.34. The van der Waals surface area contributed by atoms with Gasteiger partial charge in [0.2, 0.25) is 0 Å². The molecule has 1 aliphatic heterocycles. The smallest absolute Gasteiger partial charge is 0.265 e. The molecule has 4 nitrogen and oxygen atoms in total. The first-order chi connectivity index (χ1) is 10.1. The van der Waals surface area contributed by atoms with E-state index in [1.54, 1.807) is 24.3 Å². The Morgan fingerprint density at radius 1 is 1.05 bits per heavy atom. The topological polar surface area (TPSA) is 49.4 Å². The molecule has 2 aromatic carbocycles. The van der Waals surface area contributed by atoms with Crippen molar-refractivity contribution in [2.24, 2.45) is 0 Å². The van der Waals surface area contributed by atoms with Gasteiger partial charge in [0.05, 0.1) is 10.7 Å². The van der Waals surface area contributed by atoms with Crippen molar-refractivity contribution in [3.8, 4) is 0 Å². The molecular formula is C15H15ClN2O2S. The van der Waals surface area contributed by atoms with Crippen molar-refractivity contribution in [3.63, 3.8) is 0 Å². The Labute approximate surface area is 129 Å². The number of halogens is 1. The van der Waals surface area contributed by atoms with Crippen molar-refractivity contribution in [1.29, 1.82) is 0 Å². The number of sulfonamides is 1. The molecule has 0 fully saturated rings. The predicted molar refractivity (Wildman–Crippen MR) is 84.1 cm³/mol. The molecule has 1 N–H and O–H groups in total. The van der Waals surface area contributed by atoms with E-state index in [0.717, 1.165) is 5.56 Å². The summed E-state index contributed by atoms with van der Waals surface area (Å²) in [6.45, 7) is 1.63. The summed E-state index contributed by atoms with van der Waals surface area (Å²) in [5, 5.41) is 3.48. The van der Waals surface area contributed by atoms with Crippen LogP contribution in [0.15, 0.2) is 53.4 Å². The third kappa shape index (κ3) is 2.64. The van der Waals surface area contributed by atoms with Crippen LogP contribution in [0.2, 0.25) is 5.02 Å². The highest BCUT2D eigenvalue weighted by Crippen LogP contribution is 2.31. The summed E-state index contributed by atoms with van der Waals surface area (Å²) < 4.78 is 27.3. The number of nitrogens with zero attached hydrogens (tertiary/aromatic N) is 1. The van der Waals surface area contributed by atoms with Crippen LogP contribution in [0.1, 0.15) is 5.56 Å². The molecule has 0 spiro atoms. The van der Waals surface area contributed by atoms with Crippen LogP contribution in [0.3, 0.4) is 0 Å². The quantitative estimate of drug-likeness (QED) is 0.924. The molecule has 0 radical (unpaired) electrons. The van der Waals surface area contributed by atoms with E-state index in [1.165, 1.54) is 4.31 Å². The fourth-order valence-corrected chi connectivity index (χ4v) is 4.45. The molecular weight excluding hydrogens is 308 g/mol. The largest absolute Gasteiger partial charge is 0.311 e. The van der Waals surface area contributed by atoms with Crippen molar-refractivity contribution in [2.75, 3.05) is 17.4 Å². The van der Waals surface area contributed by atoms with Crippen molar-refractivity contribution in [3.05, 3.63) is 59.1 Å². The Bertz CT molecular complexity index is 762. The van der Waals surface area contributed by atoms with Crippen LogP contribution in [0, 0.1) is 0 Å². The average Bonchev–Trinajstić information content (AvgIpc) is 2.70. The van der Waals surface area contributed by atoms with Gasteiger partial charge in [-0.15, -0.1) is 0 Å². The SMILES string of the molecule is O=S(=O)(c1ccccc1Cl)N1CCNCc2ccccc21. The summed E-state index contributed by atoms with van der Waals surface area (Å²) in [4.78, 5) is 0.142. The number of para-hydroxylation sites is 1. The van der Waals surface area contributed by atoms with Gasteiger partial charge >= 0.3 is 0 Å². The maximum Gasteiger partial charge on any atom is 0.265 e. The lowest BCUT2D eigenvalue weighted by molar-refractivity contribution is 0.589. The zero-order chi connectivity index (χ0) is 14.9. The van der Waals surface area contributed by atoms with Gasteiger partial charge in [-0.2, -0.15) is 0 Å². The van der Waals surface area contributed by atoms with Crippen molar-refractivity contribution in [2.45, 2.75) is 11.4 Å². The van der Waals surface area contributed by atoms with E-state index < -0.39 is 10.0 Å². The van der Waals surface area contributed by atoms with E-state index in [9.17, 15) is 8.42 Å². The Morgan fingerprint density at radius 3 is 2.57 bits per heavy atom. The third-order valence-electron chi connectivity index (χ3n) is 3.47. The zero-order valence-corrected chi connectivity index (χ0v) is 12.9. The zero-order valence-electron chi connectivity index (χ0n) is 11.3. The number of hydrogen-bond donors (Lipinski definition) is 1. The molecule has 6 heteroatoms. The first kappa shape index (κ1) is 14.4. The van der Waals surface area contributed by atoms with Gasteiger partial charge in [0.15, 0.2) is 0 Å². The summed E-state index contributed by atoms with van der Waals surface area (Å²) in [5.74, 6) is 0. The molecule has 3 rings (SSSR count). The molecule has 0 aromatic heterocycles. The number of nitrogens with one attached hydrogen (secondary N) is 1. The Balaban J connectivity index is 2.13. The van der Waals surface area contributed by atoms with Gasteiger partial charge in [-0.3, -0.25) is 4.31 Å². The van der Waals surface area contributed by atoms with Gasteiger partial charge in [-0.1, -0.05) is 41.9 Å². The fraction of sp³-hybridized carbons (Fsp3) is 0.200. The van der Waals surface area contributed by atoms with Gasteiger partial charge in [0.25, 0.3) is 10.0 Å². The first-order valence-corrected chi connectivity index (χ1v) is 8.48. The summed E-state index contributed by atoms with van der Waals surface area (Å²) in [5.41, 5.74) is 1.67. The van der Waals surface area contributed by atoms with Gasteiger partial charge < -0.3 is 5.32 Å². The highest BCUT2D eigenvalue weighted by Gasteiger charge is 2.29. The second-order valence-electron chi connectivity index (χ2n) is 4.81. The first-order valence-electron chi connectivity index (χ1n) is 6.66. The molecule has 110 valence electrons. The maximum absolute atomic E-state index is 12.9. The van der Waals surface area contributed by atoms with Gasteiger partial charge in [-0.25, -0.2) is 8.42 Å². The minimum Gasteiger partial charge on any atom is -0.311 e. The second kappa shape index (κ2) is 5.67. The number of hydrogen-bond acceptors (Lipinski definition) is 3. The average molecular weight is 323 g/mol. The van der Waals surface area contributed by atoms with Crippen molar-refractivity contribution in [1.82, 2.24) is 5.32 Å². The molecule has 2 aromatic rings. The monoisotopic (exact) mass is 322 g/mol. The molecule has 0 amide bonds. The maximum atomic E-state index is 12.9. The molecule has 1 aliphatic rings. The predicted octanol–water partition coefficient (Wildman–Crippen LogP) is 2.64. The summed E-state index contributed by atoms with van der Waals surface area (Å²) in [6, 6.07) is 14.1. The molecule has 0 saturated heterocycles. The fourth-order valence-electron chi connectivity index (χ4n) is 2.45. The summed E-state index contributed by atoms with van der Waals surface area (Å²) in [7, 11) is -3.67. The lowest BCUT2D eigenvalue weighted by atomic mass is 10.2. The van der Waals surface area contributed by atoms with E-state index in [1.807, 2.05) is 24.3 Å². The standard InChI is InChI=1S/C15H15ClN2O2S/c16-13-6-2-4-8-15(13)21(19,20)18-10-9-17-11-12-5-1-3-7-14(12)18/h1-8,17H,9-11H2. The van der Waals surface area contributed by atoms with Gasteiger partial charge in [0.1, 0.15) is 4.90 Å². The summed E-state index contributed by atoms with van der Waals surface area (Å²) in [6.07, 6.45) is 0. The molecule has 0 saturated carbocycles. The van der Waals surface area contributed by atoms with Crippen LogP contribution in [0.5, 0.6) is 0 Å². The van der Waals surface area contributed by atoms with Crippen molar-refractivity contribution < 1.29 is 8.42 Å². The number of benzene rings is 2. The van der Waals surface area contributed by atoms with Crippen molar-refractivity contribution >= 4 is 27.3 Å². The molecule has 0 bridgehead atoms. The number of rotatable bonds is 2. The molecule has 21 heavy (non-hydrogen) atoms. The van der Waals surface area contributed by atoms with E-state index in [2.05, 4.69) is 5.32 Å². The lowest BCUT2D eigenvalue weighted by Gasteiger charge is -2.24. The number of anilines is 1. The highest BCUT2D eigenvalue weighted by atomic mass is 35.5. The van der Waals surface area contributed by atoms with E-state index in [4.69, 9.17) is 11.6 Å². The van der Waals surface area contributed by atoms with Crippen LogP contribution in [0.4, 0.5) is 5.69 Å². The molecule has 0 unspecified atom stereocenters. The van der Waals surface area contributed by atoms with E-state index in [0.29, 0.717) is 25.3 Å². The van der Waals surface area contributed by atoms with Crippen LogP contribution in [-0.2, 0) is 16.6 Å². The minimum atomic E-state index is -3.67. The Morgan fingerprint density at radius 2 is 1.76 bits per heavy atom. The van der Waals surface area contributed by atoms with Gasteiger partial charge in [-0.05, 0) is 23.8 Å². The Kier molecular flexibility index (Phi) is 3.89. The molecule has 0 atom stereocenters. The van der Waals surface area contributed by atoms with E-state index in [-0.39, 0.29) is 9.92 Å². The minimum absolute atomic E-state index is 0.142. The normalized spacial score (nSPS) is 15.4. The summed E-state index contributed by atoms with van der Waals surface area (Å²) >= 11 is 6.07. The Hall–Kier alpha value is -1.56. The third-order valence-corrected chi connectivity index (χ3v) is 5.79.